The van der Waals surface area contributed by atoms with Crippen LogP contribution in [0.5, 0.6) is 5.75 Å². The average molecular weight is 282 g/mol. The molecule has 19 heavy (non-hydrogen) atoms. The number of ether oxygens (including phenoxy) is 2. The van der Waals surface area contributed by atoms with Crippen molar-refractivity contribution in [3.8, 4) is 5.75 Å². The highest BCUT2D eigenvalue weighted by Gasteiger charge is 2.44. The van der Waals surface area contributed by atoms with E-state index in [4.69, 9.17) is 21.1 Å². The molecule has 1 aromatic carbocycles. The monoisotopic (exact) mass is 281 g/mol. The summed E-state index contributed by atoms with van der Waals surface area (Å²) >= 11 is 6.15. The second-order valence-electron chi connectivity index (χ2n) is 5.43. The van der Waals surface area contributed by atoms with Gasteiger partial charge in [-0.15, -0.1) is 0 Å². The van der Waals surface area contributed by atoms with Gasteiger partial charge in [0.1, 0.15) is 5.75 Å². The number of fused-ring (bicyclic) bond motifs is 2. The summed E-state index contributed by atoms with van der Waals surface area (Å²) in [5.74, 6) is 1.41. The SMILES string of the molecule is CNC(c1cc(Cl)ccc1OC)C1CC2CCC1O2. The van der Waals surface area contributed by atoms with E-state index in [-0.39, 0.29) is 6.04 Å². The van der Waals surface area contributed by atoms with Crippen LogP contribution in [0.25, 0.3) is 0 Å². The molecule has 4 atom stereocenters. The molecule has 2 bridgehead atoms. The maximum absolute atomic E-state index is 6.15. The summed E-state index contributed by atoms with van der Waals surface area (Å²) in [5, 5.41) is 4.18. The van der Waals surface area contributed by atoms with Crippen molar-refractivity contribution in [3.63, 3.8) is 0 Å². The Morgan fingerprint density at radius 1 is 1.42 bits per heavy atom. The van der Waals surface area contributed by atoms with Crippen molar-refractivity contribution in [2.45, 2.75) is 37.5 Å². The van der Waals surface area contributed by atoms with Crippen LogP contribution in [0.3, 0.4) is 0 Å². The van der Waals surface area contributed by atoms with Crippen LogP contribution in [-0.4, -0.2) is 26.4 Å². The van der Waals surface area contributed by atoms with Crippen LogP contribution in [0, 0.1) is 5.92 Å². The highest BCUT2D eigenvalue weighted by Crippen LogP contribution is 2.46. The van der Waals surface area contributed by atoms with E-state index in [0.29, 0.717) is 18.1 Å². The molecule has 0 saturated carbocycles. The molecule has 0 aromatic heterocycles. The largest absolute Gasteiger partial charge is 0.496 e. The van der Waals surface area contributed by atoms with Gasteiger partial charge in [0.15, 0.2) is 0 Å². The zero-order chi connectivity index (χ0) is 13.4. The number of benzene rings is 1. The normalized spacial score (nSPS) is 30.6. The van der Waals surface area contributed by atoms with Gasteiger partial charge in [-0.05, 0) is 44.5 Å². The highest BCUT2D eigenvalue weighted by molar-refractivity contribution is 6.30. The lowest BCUT2D eigenvalue weighted by molar-refractivity contribution is 0.0861. The van der Waals surface area contributed by atoms with Crippen molar-refractivity contribution in [1.82, 2.24) is 5.32 Å². The Balaban J connectivity index is 1.91. The van der Waals surface area contributed by atoms with E-state index < -0.39 is 0 Å². The predicted molar refractivity (Wildman–Crippen MR) is 75.8 cm³/mol. The molecule has 0 aliphatic carbocycles. The molecule has 4 unspecified atom stereocenters. The third-order valence-corrected chi connectivity index (χ3v) is 4.65. The minimum Gasteiger partial charge on any atom is -0.496 e. The third-order valence-electron chi connectivity index (χ3n) is 4.42. The lowest BCUT2D eigenvalue weighted by atomic mass is 9.81. The molecule has 0 spiro atoms. The Morgan fingerprint density at radius 3 is 2.84 bits per heavy atom. The fourth-order valence-electron chi connectivity index (χ4n) is 3.58. The molecule has 1 aromatic rings. The van der Waals surface area contributed by atoms with Crippen LogP contribution in [0.1, 0.15) is 30.9 Å². The first-order valence-electron chi connectivity index (χ1n) is 6.89. The number of rotatable bonds is 4. The number of methoxy groups -OCH3 is 1. The molecule has 1 N–H and O–H groups in total. The number of hydrogen-bond donors (Lipinski definition) is 1. The van der Waals surface area contributed by atoms with E-state index in [1.54, 1.807) is 7.11 Å². The standard InChI is InChI=1S/C15H20ClNO2/c1-17-15(12-8-10-4-6-14(12)19-10)11-7-9(16)3-5-13(11)18-2/h3,5,7,10,12,14-15,17H,4,6,8H2,1-2H3. The molecule has 0 amide bonds. The van der Waals surface area contributed by atoms with Crippen LogP contribution in [-0.2, 0) is 4.74 Å². The molecule has 2 aliphatic heterocycles. The molecular formula is C15H20ClNO2. The van der Waals surface area contributed by atoms with Crippen LogP contribution >= 0.6 is 11.6 Å². The van der Waals surface area contributed by atoms with Crippen molar-refractivity contribution in [3.05, 3.63) is 28.8 Å². The fraction of sp³-hybridized carbons (Fsp3) is 0.600. The maximum atomic E-state index is 6.15. The van der Waals surface area contributed by atoms with Gasteiger partial charge < -0.3 is 14.8 Å². The van der Waals surface area contributed by atoms with Gasteiger partial charge in [0.25, 0.3) is 0 Å². The van der Waals surface area contributed by atoms with Gasteiger partial charge in [-0.25, -0.2) is 0 Å². The highest BCUT2D eigenvalue weighted by atomic mass is 35.5. The maximum Gasteiger partial charge on any atom is 0.123 e. The van der Waals surface area contributed by atoms with Gasteiger partial charge in [0, 0.05) is 22.5 Å². The van der Waals surface area contributed by atoms with Gasteiger partial charge in [0.05, 0.1) is 19.3 Å². The summed E-state index contributed by atoms with van der Waals surface area (Å²) in [6, 6.07) is 6.06. The van der Waals surface area contributed by atoms with Crippen LogP contribution in [0.4, 0.5) is 0 Å². The molecule has 3 nitrogen and oxygen atoms in total. The Hall–Kier alpha value is -0.770. The minimum absolute atomic E-state index is 0.240. The van der Waals surface area contributed by atoms with E-state index in [2.05, 4.69) is 5.32 Å². The summed E-state index contributed by atoms with van der Waals surface area (Å²) < 4.78 is 11.5. The smallest absolute Gasteiger partial charge is 0.123 e. The third kappa shape index (κ3) is 2.35. The van der Waals surface area contributed by atoms with Crippen molar-refractivity contribution >= 4 is 11.6 Å². The average Bonchev–Trinajstić information content (AvgIpc) is 3.03. The molecule has 3 rings (SSSR count). The van der Waals surface area contributed by atoms with Crippen molar-refractivity contribution in [2.75, 3.05) is 14.2 Å². The zero-order valence-corrected chi connectivity index (χ0v) is 12.1. The summed E-state index contributed by atoms with van der Waals surface area (Å²) in [7, 11) is 3.70. The van der Waals surface area contributed by atoms with E-state index in [1.807, 2.05) is 25.2 Å². The van der Waals surface area contributed by atoms with Crippen LogP contribution in [0.2, 0.25) is 5.02 Å². The summed E-state index contributed by atoms with van der Waals surface area (Å²) in [4.78, 5) is 0. The van der Waals surface area contributed by atoms with E-state index in [0.717, 1.165) is 22.8 Å². The van der Waals surface area contributed by atoms with Gasteiger partial charge in [-0.2, -0.15) is 0 Å². The van der Waals surface area contributed by atoms with Crippen LogP contribution < -0.4 is 10.1 Å². The molecule has 2 fully saturated rings. The molecule has 4 heteroatoms. The van der Waals surface area contributed by atoms with E-state index in [9.17, 15) is 0 Å². The van der Waals surface area contributed by atoms with Gasteiger partial charge in [0.2, 0.25) is 0 Å². The zero-order valence-electron chi connectivity index (χ0n) is 11.4. The second kappa shape index (κ2) is 5.31. The lowest BCUT2D eigenvalue weighted by Gasteiger charge is -2.29. The minimum atomic E-state index is 0.240. The summed E-state index contributed by atoms with van der Waals surface area (Å²) in [5.41, 5.74) is 1.14. The summed E-state index contributed by atoms with van der Waals surface area (Å²) in [6.07, 6.45) is 4.36. The lowest BCUT2D eigenvalue weighted by Crippen LogP contribution is -2.32. The van der Waals surface area contributed by atoms with E-state index >= 15 is 0 Å². The molecule has 0 radical (unpaired) electrons. The quantitative estimate of drug-likeness (QED) is 0.919. The Bertz CT molecular complexity index is 465. The number of nitrogens with one attached hydrogen (secondary N) is 1. The summed E-state index contributed by atoms with van der Waals surface area (Å²) in [6.45, 7) is 0. The first-order valence-corrected chi connectivity index (χ1v) is 7.27. The van der Waals surface area contributed by atoms with Crippen LogP contribution in [0.15, 0.2) is 18.2 Å². The van der Waals surface area contributed by atoms with Crippen molar-refractivity contribution < 1.29 is 9.47 Å². The topological polar surface area (TPSA) is 30.5 Å². The molecule has 2 heterocycles. The van der Waals surface area contributed by atoms with Gasteiger partial charge in [-0.1, -0.05) is 11.6 Å². The predicted octanol–water partition coefficient (Wildman–Crippen LogP) is 3.18. The Labute approximate surface area is 119 Å². The molecular weight excluding hydrogens is 262 g/mol. The van der Waals surface area contributed by atoms with E-state index in [1.165, 1.54) is 12.8 Å². The first kappa shape index (κ1) is 13.2. The Morgan fingerprint density at radius 2 is 2.26 bits per heavy atom. The van der Waals surface area contributed by atoms with Crippen molar-refractivity contribution in [2.24, 2.45) is 5.92 Å². The Kier molecular flexibility index (Phi) is 3.70. The molecule has 2 aliphatic rings. The number of halogens is 1. The fourth-order valence-corrected chi connectivity index (χ4v) is 3.76. The first-order chi connectivity index (χ1) is 9.22. The molecule has 104 valence electrons. The number of hydrogen-bond acceptors (Lipinski definition) is 3. The second-order valence-corrected chi connectivity index (χ2v) is 5.86. The van der Waals surface area contributed by atoms with Gasteiger partial charge in [-0.3, -0.25) is 0 Å². The van der Waals surface area contributed by atoms with Gasteiger partial charge >= 0.3 is 0 Å². The molecule has 2 saturated heterocycles. The van der Waals surface area contributed by atoms with Crippen molar-refractivity contribution in [1.29, 1.82) is 0 Å².